The van der Waals surface area contributed by atoms with E-state index in [4.69, 9.17) is 27.6 Å². The Morgan fingerprint density at radius 1 is 1.32 bits per heavy atom. The zero-order chi connectivity index (χ0) is 23.2. The summed E-state index contributed by atoms with van der Waals surface area (Å²) in [7, 11) is -4.28. The Morgan fingerprint density at radius 3 is 2.68 bits per heavy atom. The number of pyridine rings is 1. The van der Waals surface area contributed by atoms with Gasteiger partial charge < -0.3 is 15.6 Å². The van der Waals surface area contributed by atoms with Crippen LogP contribution in [0, 0.1) is 18.2 Å². The predicted molar refractivity (Wildman–Crippen MR) is 112 cm³/mol. The predicted octanol–water partition coefficient (Wildman–Crippen LogP) is 0.281. The molecule has 2 rings (SSSR count). The van der Waals surface area contributed by atoms with E-state index in [2.05, 4.69) is 15.5 Å². The van der Waals surface area contributed by atoms with Gasteiger partial charge in [-0.25, -0.2) is 18.3 Å². The molecule has 0 unspecified atom stereocenters. The number of amides is 1. The summed E-state index contributed by atoms with van der Waals surface area (Å²) in [5.41, 5.74) is 6.47. The van der Waals surface area contributed by atoms with Crippen molar-refractivity contribution in [3.63, 3.8) is 0 Å². The molecular weight excluding hydrogens is 455 g/mol. The van der Waals surface area contributed by atoms with Crippen LogP contribution in [0.2, 0.25) is 5.02 Å². The van der Waals surface area contributed by atoms with Crippen LogP contribution in [0.25, 0.3) is 0 Å². The van der Waals surface area contributed by atoms with E-state index in [0.717, 1.165) is 22.8 Å². The summed E-state index contributed by atoms with van der Waals surface area (Å²) in [5.74, 6) is -1.64. The smallest absolute Gasteiger partial charge is 0.275 e. The number of anilines is 1. The molecule has 2 aromatic rings. The minimum Gasteiger partial charge on any atom is -0.368 e. The molecule has 0 saturated carbocycles. The molecule has 6 N–H and O–H groups in total. The van der Waals surface area contributed by atoms with E-state index in [9.17, 15) is 22.4 Å². The number of aromatic nitrogens is 1. The van der Waals surface area contributed by atoms with Gasteiger partial charge >= 0.3 is 0 Å². The number of sulfonamides is 1. The van der Waals surface area contributed by atoms with Gasteiger partial charge in [0.1, 0.15) is 22.9 Å². The van der Waals surface area contributed by atoms with Crippen LogP contribution >= 0.6 is 11.6 Å². The number of carbonyl (C=O) groups excluding carboxylic acids is 1. The van der Waals surface area contributed by atoms with Gasteiger partial charge in [0, 0.05) is 12.2 Å². The maximum Gasteiger partial charge on any atom is 0.275 e. The maximum atomic E-state index is 13.2. The fourth-order valence-corrected chi connectivity index (χ4v) is 4.00. The number of nitrogens with one attached hydrogen (secondary N) is 4. The summed E-state index contributed by atoms with van der Waals surface area (Å²) < 4.78 is 41.5. The molecule has 0 aliphatic rings. The van der Waals surface area contributed by atoms with Crippen LogP contribution in [0.15, 0.2) is 40.0 Å². The lowest BCUT2D eigenvalue weighted by molar-refractivity contribution is -0.122. The Hall–Kier alpha value is -3.16. The SMILES string of the molecule is Cc1ccc(NS(=O)(=O)c2ccc(F)cc2Cl)c(=O)n1CC(=O)NCCONC(=N)N. The highest BCUT2D eigenvalue weighted by atomic mass is 35.5. The Morgan fingerprint density at radius 2 is 2.03 bits per heavy atom. The summed E-state index contributed by atoms with van der Waals surface area (Å²) in [4.78, 5) is 29.2. The van der Waals surface area contributed by atoms with E-state index in [0.29, 0.717) is 5.69 Å². The van der Waals surface area contributed by atoms with Crippen molar-refractivity contribution in [2.75, 3.05) is 17.9 Å². The monoisotopic (exact) mass is 474 g/mol. The standard InChI is InChI=1S/C17H20ClFN6O5S/c1-10-2-4-13(24-31(28,29)14-5-3-11(19)8-12(14)18)16(27)25(10)9-15(26)22-6-7-30-23-17(20)21/h2-5,8,24H,6-7,9H2,1H3,(H,22,26)(H4,20,21,23). The minimum absolute atomic E-state index is 0.0114. The molecule has 0 bridgehead atoms. The van der Waals surface area contributed by atoms with E-state index in [-0.39, 0.29) is 30.4 Å². The first-order valence-corrected chi connectivity index (χ1v) is 10.5. The van der Waals surface area contributed by atoms with Crippen LogP contribution in [0.3, 0.4) is 0 Å². The van der Waals surface area contributed by atoms with Crippen molar-refractivity contribution in [1.29, 1.82) is 5.41 Å². The number of benzene rings is 1. The molecule has 14 heteroatoms. The second-order valence-corrected chi connectivity index (χ2v) is 8.23. The van der Waals surface area contributed by atoms with Gasteiger partial charge in [-0.2, -0.15) is 0 Å². The second-order valence-electron chi connectivity index (χ2n) is 6.17. The Kier molecular flexibility index (Phi) is 7.96. The van der Waals surface area contributed by atoms with E-state index in [1.54, 1.807) is 6.92 Å². The molecule has 0 atom stereocenters. The normalized spacial score (nSPS) is 11.1. The number of hydrogen-bond donors (Lipinski definition) is 5. The lowest BCUT2D eigenvalue weighted by atomic mass is 10.3. The lowest BCUT2D eigenvalue weighted by Gasteiger charge is -2.14. The van der Waals surface area contributed by atoms with Crippen LogP contribution in [-0.2, 0) is 26.2 Å². The van der Waals surface area contributed by atoms with E-state index < -0.39 is 38.2 Å². The van der Waals surface area contributed by atoms with Gasteiger partial charge in [0.05, 0.1) is 11.6 Å². The molecule has 11 nitrogen and oxygen atoms in total. The molecule has 1 aromatic carbocycles. The van der Waals surface area contributed by atoms with Crippen molar-refractivity contribution in [3.05, 3.63) is 57.2 Å². The second kappa shape index (κ2) is 10.2. The largest absolute Gasteiger partial charge is 0.368 e. The number of rotatable bonds is 9. The number of hydroxylamine groups is 1. The lowest BCUT2D eigenvalue weighted by Crippen LogP contribution is -2.37. The molecule has 0 aliphatic heterocycles. The molecule has 31 heavy (non-hydrogen) atoms. The first kappa shape index (κ1) is 24.1. The highest BCUT2D eigenvalue weighted by molar-refractivity contribution is 7.92. The first-order chi connectivity index (χ1) is 14.5. The van der Waals surface area contributed by atoms with Crippen LogP contribution in [0.1, 0.15) is 5.69 Å². The van der Waals surface area contributed by atoms with Gasteiger partial charge in [-0.15, -0.1) is 0 Å². The van der Waals surface area contributed by atoms with Gasteiger partial charge in [-0.1, -0.05) is 11.6 Å². The van der Waals surface area contributed by atoms with Crippen molar-refractivity contribution in [1.82, 2.24) is 15.4 Å². The number of halogens is 2. The highest BCUT2D eigenvalue weighted by Gasteiger charge is 2.21. The molecule has 0 radical (unpaired) electrons. The van der Waals surface area contributed by atoms with Crippen LogP contribution in [0.5, 0.6) is 0 Å². The average Bonchev–Trinajstić information content (AvgIpc) is 2.66. The number of hydrogen-bond acceptors (Lipinski definition) is 6. The number of carbonyl (C=O) groups is 1. The third-order valence-electron chi connectivity index (χ3n) is 3.83. The molecule has 0 fully saturated rings. The van der Waals surface area contributed by atoms with Crippen molar-refractivity contribution in [3.8, 4) is 0 Å². The molecule has 168 valence electrons. The van der Waals surface area contributed by atoms with Gasteiger partial charge in [-0.3, -0.25) is 24.6 Å². The Bertz CT molecular complexity index is 1150. The fraction of sp³-hybridized carbons (Fsp3) is 0.235. The zero-order valence-electron chi connectivity index (χ0n) is 16.2. The number of guanidine groups is 1. The summed E-state index contributed by atoms with van der Waals surface area (Å²) in [5, 5.41) is 9.06. The Labute approximate surface area is 181 Å². The average molecular weight is 475 g/mol. The third kappa shape index (κ3) is 6.67. The fourth-order valence-electron chi connectivity index (χ4n) is 2.41. The van der Waals surface area contributed by atoms with Gasteiger partial charge in [0.25, 0.3) is 15.6 Å². The van der Waals surface area contributed by atoms with Crippen molar-refractivity contribution in [2.45, 2.75) is 18.4 Å². The van der Waals surface area contributed by atoms with Crippen molar-refractivity contribution in [2.24, 2.45) is 5.73 Å². The van der Waals surface area contributed by atoms with Crippen LogP contribution in [-0.4, -0.2) is 38.0 Å². The highest BCUT2D eigenvalue weighted by Crippen LogP contribution is 2.23. The summed E-state index contributed by atoms with van der Waals surface area (Å²) in [6.45, 7) is 1.28. The van der Waals surface area contributed by atoms with E-state index >= 15 is 0 Å². The third-order valence-corrected chi connectivity index (χ3v) is 5.68. The first-order valence-electron chi connectivity index (χ1n) is 8.68. The van der Waals surface area contributed by atoms with Crippen molar-refractivity contribution >= 4 is 39.2 Å². The summed E-state index contributed by atoms with van der Waals surface area (Å²) in [6, 6.07) is 5.45. The van der Waals surface area contributed by atoms with Crippen LogP contribution < -0.4 is 26.8 Å². The maximum absolute atomic E-state index is 13.2. The van der Waals surface area contributed by atoms with Crippen molar-refractivity contribution < 1.29 is 22.4 Å². The van der Waals surface area contributed by atoms with Gasteiger partial charge in [0.15, 0.2) is 0 Å². The zero-order valence-corrected chi connectivity index (χ0v) is 17.8. The molecule has 0 aliphatic carbocycles. The molecule has 1 amide bonds. The minimum atomic E-state index is -4.28. The Balaban J connectivity index is 2.14. The van der Waals surface area contributed by atoms with E-state index in [1.165, 1.54) is 12.1 Å². The topological polar surface area (TPSA) is 168 Å². The number of aryl methyl sites for hydroxylation is 1. The summed E-state index contributed by atoms with van der Waals surface area (Å²) in [6.07, 6.45) is 0. The molecule has 1 heterocycles. The van der Waals surface area contributed by atoms with Gasteiger partial charge in [-0.05, 0) is 37.3 Å². The van der Waals surface area contributed by atoms with E-state index in [1.807, 2.05) is 0 Å². The summed E-state index contributed by atoms with van der Waals surface area (Å²) >= 11 is 5.80. The molecular formula is C17H20ClFN6O5S. The molecule has 1 aromatic heterocycles. The number of nitrogens with two attached hydrogens (primary N) is 1. The molecule has 0 saturated heterocycles. The molecule has 0 spiro atoms. The quantitative estimate of drug-likeness (QED) is 0.150. The number of nitrogens with zero attached hydrogens (tertiary/aromatic N) is 1. The van der Waals surface area contributed by atoms with Crippen LogP contribution in [0.4, 0.5) is 10.1 Å². The van der Waals surface area contributed by atoms with Gasteiger partial charge in [0.2, 0.25) is 11.9 Å².